The van der Waals surface area contributed by atoms with Crippen molar-refractivity contribution < 1.29 is 4.74 Å². The molecular weight excluding hydrogens is 174 g/mol. The Morgan fingerprint density at radius 1 is 1.21 bits per heavy atom. The van der Waals surface area contributed by atoms with Gasteiger partial charge in [-0.05, 0) is 12.0 Å². The standard InChI is InChI=1S/C12H15NO/c1-2-4-10(5-3-1)8-13-7-6-11-12(9-13)14-11/h1-5,11-12H,6-9H2/t11-,12-/m0/s1. The zero-order valence-corrected chi connectivity index (χ0v) is 8.23. The van der Waals surface area contributed by atoms with Crippen LogP contribution in [0, 0.1) is 0 Å². The molecule has 74 valence electrons. The zero-order chi connectivity index (χ0) is 9.38. The molecule has 1 aromatic carbocycles. The van der Waals surface area contributed by atoms with Crippen molar-refractivity contribution in [3.8, 4) is 0 Å². The molecule has 0 aliphatic carbocycles. The maximum Gasteiger partial charge on any atom is 0.0969 e. The predicted molar refractivity (Wildman–Crippen MR) is 55.0 cm³/mol. The summed E-state index contributed by atoms with van der Waals surface area (Å²) in [5.41, 5.74) is 1.41. The molecule has 0 unspecified atom stereocenters. The van der Waals surface area contributed by atoms with Gasteiger partial charge in [0.25, 0.3) is 0 Å². The summed E-state index contributed by atoms with van der Waals surface area (Å²) in [7, 11) is 0. The van der Waals surface area contributed by atoms with Gasteiger partial charge in [-0.3, -0.25) is 4.90 Å². The summed E-state index contributed by atoms with van der Waals surface area (Å²) >= 11 is 0. The number of piperidine rings is 1. The lowest BCUT2D eigenvalue weighted by molar-refractivity contribution is 0.237. The fourth-order valence-corrected chi connectivity index (χ4v) is 2.23. The van der Waals surface area contributed by atoms with Gasteiger partial charge in [0.2, 0.25) is 0 Å². The van der Waals surface area contributed by atoms with Crippen LogP contribution >= 0.6 is 0 Å². The molecule has 2 fully saturated rings. The van der Waals surface area contributed by atoms with Crippen molar-refractivity contribution in [2.45, 2.75) is 25.2 Å². The van der Waals surface area contributed by atoms with E-state index in [4.69, 9.17) is 4.74 Å². The van der Waals surface area contributed by atoms with Crippen molar-refractivity contribution in [1.82, 2.24) is 4.90 Å². The summed E-state index contributed by atoms with van der Waals surface area (Å²) in [6.07, 6.45) is 2.37. The molecule has 2 aliphatic rings. The van der Waals surface area contributed by atoms with Gasteiger partial charge in [-0.15, -0.1) is 0 Å². The largest absolute Gasteiger partial charge is 0.368 e. The van der Waals surface area contributed by atoms with Crippen LogP contribution in [0.4, 0.5) is 0 Å². The van der Waals surface area contributed by atoms with E-state index < -0.39 is 0 Å². The van der Waals surface area contributed by atoms with Crippen molar-refractivity contribution in [1.29, 1.82) is 0 Å². The second-order valence-electron chi connectivity index (χ2n) is 4.22. The summed E-state index contributed by atoms with van der Waals surface area (Å²) in [6.45, 7) is 3.39. The number of hydrogen-bond donors (Lipinski definition) is 0. The van der Waals surface area contributed by atoms with E-state index >= 15 is 0 Å². The third kappa shape index (κ3) is 1.68. The van der Waals surface area contributed by atoms with Crippen LogP contribution in [-0.2, 0) is 11.3 Å². The Bertz CT molecular complexity index is 311. The highest BCUT2D eigenvalue weighted by atomic mass is 16.6. The zero-order valence-electron chi connectivity index (χ0n) is 8.23. The molecule has 14 heavy (non-hydrogen) atoms. The number of rotatable bonds is 2. The van der Waals surface area contributed by atoms with Crippen molar-refractivity contribution in [3.63, 3.8) is 0 Å². The number of epoxide rings is 1. The minimum Gasteiger partial charge on any atom is -0.368 e. The number of hydrogen-bond acceptors (Lipinski definition) is 2. The number of likely N-dealkylation sites (tertiary alicyclic amines) is 1. The lowest BCUT2D eigenvalue weighted by Crippen LogP contribution is -2.33. The third-order valence-electron chi connectivity index (χ3n) is 3.10. The topological polar surface area (TPSA) is 15.8 Å². The van der Waals surface area contributed by atoms with Crippen LogP contribution in [0.25, 0.3) is 0 Å². The summed E-state index contributed by atoms with van der Waals surface area (Å²) in [6, 6.07) is 10.7. The monoisotopic (exact) mass is 189 g/mol. The molecule has 2 nitrogen and oxygen atoms in total. The molecule has 0 N–H and O–H groups in total. The van der Waals surface area contributed by atoms with Gasteiger partial charge in [0, 0.05) is 19.6 Å². The van der Waals surface area contributed by atoms with Crippen molar-refractivity contribution in [3.05, 3.63) is 35.9 Å². The Labute approximate surface area is 84.5 Å². The van der Waals surface area contributed by atoms with Crippen LogP contribution in [0.5, 0.6) is 0 Å². The first-order valence-electron chi connectivity index (χ1n) is 5.33. The van der Waals surface area contributed by atoms with E-state index in [0.717, 1.165) is 13.1 Å². The second-order valence-corrected chi connectivity index (χ2v) is 4.22. The second kappa shape index (κ2) is 3.37. The fourth-order valence-electron chi connectivity index (χ4n) is 2.23. The van der Waals surface area contributed by atoms with Gasteiger partial charge < -0.3 is 4.74 Å². The van der Waals surface area contributed by atoms with E-state index in [1.807, 2.05) is 0 Å². The number of fused-ring (bicyclic) bond motifs is 1. The summed E-state index contributed by atoms with van der Waals surface area (Å²) in [4.78, 5) is 2.49. The Hall–Kier alpha value is -0.860. The maximum absolute atomic E-state index is 5.50. The van der Waals surface area contributed by atoms with E-state index in [-0.39, 0.29) is 0 Å². The van der Waals surface area contributed by atoms with E-state index in [1.54, 1.807) is 0 Å². The van der Waals surface area contributed by atoms with Gasteiger partial charge in [0.1, 0.15) is 0 Å². The maximum atomic E-state index is 5.50. The van der Waals surface area contributed by atoms with Crippen LogP contribution in [0.3, 0.4) is 0 Å². The molecule has 0 saturated carbocycles. The van der Waals surface area contributed by atoms with Gasteiger partial charge in [-0.2, -0.15) is 0 Å². The van der Waals surface area contributed by atoms with Crippen LogP contribution in [0.15, 0.2) is 30.3 Å². The minimum atomic E-state index is 0.549. The predicted octanol–water partition coefficient (Wildman–Crippen LogP) is 1.66. The number of nitrogens with zero attached hydrogens (tertiary/aromatic N) is 1. The fraction of sp³-hybridized carbons (Fsp3) is 0.500. The first-order valence-corrected chi connectivity index (χ1v) is 5.33. The van der Waals surface area contributed by atoms with E-state index in [0.29, 0.717) is 12.2 Å². The SMILES string of the molecule is c1ccc(CN2CC[C@@H]3O[C@H]3C2)cc1. The lowest BCUT2D eigenvalue weighted by atomic mass is 10.1. The highest BCUT2D eigenvalue weighted by Gasteiger charge is 2.42. The normalized spacial score (nSPS) is 31.1. The van der Waals surface area contributed by atoms with Gasteiger partial charge in [-0.1, -0.05) is 30.3 Å². The Kier molecular flexibility index (Phi) is 2.03. The average Bonchev–Trinajstić information content (AvgIpc) is 2.97. The molecule has 0 spiro atoms. The van der Waals surface area contributed by atoms with Crippen LogP contribution in [0.1, 0.15) is 12.0 Å². The molecule has 3 rings (SSSR count). The highest BCUT2D eigenvalue weighted by molar-refractivity contribution is 5.14. The Morgan fingerprint density at radius 2 is 2.07 bits per heavy atom. The molecular formula is C12H15NO. The average molecular weight is 189 g/mol. The molecule has 2 heteroatoms. The highest BCUT2D eigenvalue weighted by Crippen LogP contribution is 2.31. The molecule has 1 aromatic rings. The van der Waals surface area contributed by atoms with E-state index in [1.165, 1.54) is 18.5 Å². The van der Waals surface area contributed by atoms with Crippen molar-refractivity contribution in [2.24, 2.45) is 0 Å². The van der Waals surface area contributed by atoms with Crippen molar-refractivity contribution >= 4 is 0 Å². The summed E-state index contributed by atoms with van der Waals surface area (Å²) < 4.78 is 5.50. The van der Waals surface area contributed by atoms with Gasteiger partial charge in [-0.25, -0.2) is 0 Å². The third-order valence-corrected chi connectivity index (χ3v) is 3.10. The molecule has 2 heterocycles. The molecule has 0 bridgehead atoms. The lowest BCUT2D eigenvalue weighted by Gasteiger charge is -2.23. The first kappa shape index (κ1) is 8.45. The van der Waals surface area contributed by atoms with Gasteiger partial charge in [0.05, 0.1) is 12.2 Å². The molecule has 2 aliphatic heterocycles. The Morgan fingerprint density at radius 3 is 2.86 bits per heavy atom. The van der Waals surface area contributed by atoms with Crippen LogP contribution < -0.4 is 0 Å². The molecule has 0 amide bonds. The molecule has 2 saturated heterocycles. The summed E-state index contributed by atoms with van der Waals surface area (Å²) in [5, 5.41) is 0. The Balaban J connectivity index is 1.61. The van der Waals surface area contributed by atoms with Crippen LogP contribution in [0.2, 0.25) is 0 Å². The molecule has 0 radical (unpaired) electrons. The molecule has 0 aromatic heterocycles. The molecule has 2 atom stereocenters. The number of ether oxygens (including phenoxy) is 1. The van der Waals surface area contributed by atoms with Gasteiger partial charge in [0.15, 0.2) is 0 Å². The van der Waals surface area contributed by atoms with E-state index in [9.17, 15) is 0 Å². The van der Waals surface area contributed by atoms with E-state index in [2.05, 4.69) is 35.2 Å². The van der Waals surface area contributed by atoms with Gasteiger partial charge >= 0.3 is 0 Å². The smallest absolute Gasteiger partial charge is 0.0969 e. The van der Waals surface area contributed by atoms with Crippen molar-refractivity contribution in [2.75, 3.05) is 13.1 Å². The first-order chi connectivity index (χ1) is 6.92. The number of benzene rings is 1. The summed E-state index contributed by atoms with van der Waals surface area (Å²) in [5.74, 6) is 0. The van der Waals surface area contributed by atoms with Crippen LogP contribution in [-0.4, -0.2) is 30.2 Å². The minimum absolute atomic E-state index is 0.549. The quantitative estimate of drug-likeness (QED) is 0.658.